The van der Waals surface area contributed by atoms with E-state index in [1.54, 1.807) is 18.2 Å². The zero-order valence-electron chi connectivity index (χ0n) is 13.1. The summed E-state index contributed by atoms with van der Waals surface area (Å²) in [5.41, 5.74) is 5.27. The predicted molar refractivity (Wildman–Crippen MR) is 88.1 cm³/mol. The number of anilines is 1. The van der Waals surface area contributed by atoms with Crippen molar-refractivity contribution in [1.29, 1.82) is 0 Å². The van der Waals surface area contributed by atoms with E-state index in [4.69, 9.17) is 10.6 Å². The highest BCUT2D eigenvalue weighted by Gasteiger charge is 2.08. The van der Waals surface area contributed by atoms with Gasteiger partial charge in [0.1, 0.15) is 5.75 Å². The topological polar surface area (TPSA) is 93.4 Å². The van der Waals surface area contributed by atoms with Crippen LogP contribution in [-0.2, 0) is 4.79 Å². The monoisotopic (exact) mass is 313 g/mol. The Morgan fingerprint density at radius 1 is 1.13 bits per heavy atom. The Hall–Kier alpha value is -2.86. The molecule has 2 amide bonds. The van der Waals surface area contributed by atoms with Crippen LogP contribution in [0.15, 0.2) is 42.5 Å². The smallest absolute Gasteiger partial charge is 0.265 e. The molecule has 0 heterocycles. The Bertz CT molecular complexity index is 729. The molecule has 0 aliphatic heterocycles. The van der Waals surface area contributed by atoms with Crippen LogP contribution in [0.5, 0.6) is 5.75 Å². The Morgan fingerprint density at radius 2 is 1.91 bits per heavy atom. The number of hydrogen-bond donors (Lipinski definition) is 3. The van der Waals surface area contributed by atoms with E-state index in [9.17, 15) is 9.59 Å². The van der Waals surface area contributed by atoms with Crippen LogP contribution in [0.2, 0.25) is 0 Å². The molecule has 0 radical (unpaired) electrons. The minimum Gasteiger partial charge on any atom is -0.484 e. The van der Waals surface area contributed by atoms with Gasteiger partial charge >= 0.3 is 0 Å². The molecule has 2 rings (SSSR count). The quantitative estimate of drug-likeness (QED) is 0.446. The standard InChI is InChI=1S/C17H19N3O3/c1-11-6-7-15(12(2)8-11)19-16(21)10-23-14-5-3-4-13(9-14)17(22)20-18/h3-9H,10,18H2,1-2H3,(H,19,21)(H,20,22). The van der Waals surface area contributed by atoms with Crippen LogP contribution in [0.4, 0.5) is 5.69 Å². The summed E-state index contributed by atoms with van der Waals surface area (Å²) in [4.78, 5) is 23.4. The molecule has 4 N–H and O–H groups in total. The first-order valence-electron chi connectivity index (χ1n) is 7.10. The second-order valence-corrected chi connectivity index (χ2v) is 5.16. The van der Waals surface area contributed by atoms with Gasteiger partial charge in [-0.3, -0.25) is 15.0 Å². The summed E-state index contributed by atoms with van der Waals surface area (Å²) in [5.74, 6) is 4.81. The van der Waals surface area contributed by atoms with Gasteiger partial charge in [-0.1, -0.05) is 23.8 Å². The maximum Gasteiger partial charge on any atom is 0.265 e. The molecule has 23 heavy (non-hydrogen) atoms. The van der Waals surface area contributed by atoms with Crippen LogP contribution in [0.25, 0.3) is 0 Å². The van der Waals surface area contributed by atoms with Gasteiger partial charge in [-0.05, 0) is 43.7 Å². The van der Waals surface area contributed by atoms with E-state index in [0.717, 1.165) is 16.8 Å². The van der Waals surface area contributed by atoms with Crippen molar-refractivity contribution in [1.82, 2.24) is 5.43 Å². The lowest BCUT2D eigenvalue weighted by atomic mass is 10.1. The molecule has 0 atom stereocenters. The number of aryl methyl sites for hydroxylation is 2. The largest absolute Gasteiger partial charge is 0.484 e. The van der Waals surface area contributed by atoms with E-state index in [-0.39, 0.29) is 12.5 Å². The molecule has 0 aromatic heterocycles. The normalized spacial score (nSPS) is 10.0. The number of amides is 2. The van der Waals surface area contributed by atoms with Crippen molar-refractivity contribution in [2.24, 2.45) is 5.84 Å². The number of nitrogens with one attached hydrogen (secondary N) is 2. The van der Waals surface area contributed by atoms with Crippen LogP contribution in [-0.4, -0.2) is 18.4 Å². The summed E-state index contributed by atoms with van der Waals surface area (Å²) < 4.78 is 5.41. The molecule has 2 aromatic rings. The first kappa shape index (κ1) is 16.5. The van der Waals surface area contributed by atoms with Crippen molar-refractivity contribution in [3.63, 3.8) is 0 Å². The van der Waals surface area contributed by atoms with E-state index < -0.39 is 5.91 Å². The van der Waals surface area contributed by atoms with Crippen LogP contribution in [0.1, 0.15) is 21.5 Å². The summed E-state index contributed by atoms with van der Waals surface area (Å²) in [6, 6.07) is 12.2. The van der Waals surface area contributed by atoms with E-state index in [1.807, 2.05) is 37.5 Å². The third kappa shape index (κ3) is 4.55. The Labute approximate surface area is 134 Å². The van der Waals surface area contributed by atoms with Gasteiger partial charge in [0.05, 0.1) is 0 Å². The fraction of sp³-hybridized carbons (Fsp3) is 0.176. The summed E-state index contributed by atoms with van der Waals surface area (Å²) in [5, 5.41) is 2.79. The lowest BCUT2D eigenvalue weighted by molar-refractivity contribution is -0.118. The SMILES string of the molecule is Cc1ccc(NC(=O)COc2cccc(C(=O)NN)c2)c(C)c1. The highest BCUT2D eigenvalue weighted by atomic mass is 16.5. The Balaban J connectivity index is 1.95. The van der Waals surface area contributed by atoms with Crippen LogP contribution >= 0.6 is 0 Å². The van der Waals surface area contributed by atoms with Crippen LogP contribution in [0.3, 0.4) is 0 Å². The average Bonchev–Trinajstić information content (AvgIpc) is 2.55. The molecule has 120 valence electrons. The van der Waals surface area contributed by atoms with E-state index >= 15 is 0 Å². The van der Waals surface area contributed by atoms with E-state index in [1.165, 1.54) is 6.07 Å². The van der Waals surface area contributed by atoms with Gasteiger partial charge in [0, 0.05) is 11.3 Å². The van der Waals surface area contributed by atoms with Crippen molar-refractivity contribution in [2.45, 2.75) is 13.8 Å². The summed E-state index contributed by atoms with van der Waals surface area (Å²) in [6.07, 6.45) is 0. The van der Waals surface area contributed by atoms with Gasteiger partial charge < -0.3 is 10.1 Å². The Morgan fingerprint density at radius 3 is 2.61 bits per heavy atom. The lowest BCUT2D eigenvalue weighted by Crippen LogP contribution is -2.29. The number of benzene rings is 2. The fourth-order valence-corrected chi connectivity index (χ4v) is 2.10. The molecule has 0 aliphatic rings. The molecule has 0 unspecified atom stereocenters. The summed E-state index contributed by atoms with van der Waals surface area (Å²) in [7, 11) is 0. The van der Waals surface area contributed by atoms with Crippen LogP contribution in [0, 0.1) is 13.8 Å². The van der Waals surface area contributed by atoms with Crippen molar-refractivity contribution in [3.05, 3.63) is 59.2 Å². The van der Waals surface area contributed by atoms with Gasteiger partial charge in [0.2, 0.25) is 0 Å². The molecule has 6 nitrogen and oxygen atoms in total. The first-order chi connectivity index (χ1) is 11.0. The number of carbonyl (C=O) groups is 2. The molecule has 2 aromatic carbocycles. The first-order valence-corrected chi connectivity index (χ1v) is 7.10. The van der Waals surface area contributed by atoms with Crippen molar-refractivity contribution in [2.75, 3.05) is 11.9 Å². The molecule has 0 aliphatic carbocycles. The molecule has 0 saturated carbocycles. The maximum absolute atomic E-state index is 12.0. The zero-order chi connectivity index (χ0) is 16.8. The third-order valence-electron chi connectivity index (χ3n) is 3.25. The Kier molecular flexibility index (Phi) is 5.32. The number of nitrogen functional groups attached to an aromatic ring is 1. The number of rotatable bonds is 5. The lowest BCUT2D eigenvalue weighted by Gasteiger charge is -2.10. The second-order valence-electron chi connectivity index (χ2n) is 5.16. The summed E-state index contributed by atoms with van der Waals surface area (Å²) in [6.45, 7) is 3.77. The van der Waals surface area contributed by atoms with Gasteiger partial charge in [-0.2, -0.15) is 0 Å². The molecule has 0 spiro atoms. The average molecular weight is 313 g/mol. The molecule has 0 saturated heterocycles. The minimum absolute atomic E-state index is 0.152. The molecular formula is C17H19N3O3. The number of hydrazine groups is 1. The van der Waals surface area contributed by atoms with Gasteiger partial charge in [-0.25, -0.2) is 5.84 Å². The molecular weight excluding hydrogens is 294 g/mol. The van der Waals surface area contributed by atoms with Crippen molar-refractivity contribution < 1.29 is 14.3 Å². The zero-order valence-corrected chi connectivity index (χ0v) is 13.1. The molecule has 0 bridgehead atoms. The number of nitrogens with two attached hydrogens (primary N) is 1. The fourth-order valence-electron chi connectivity index (χ4n) is 2.10. The van der Waals surface area contributed by atoms with E-state index in [0.29, 0.717) is 11.3 Å². The van der Waals surface area contributed by atoms with Crippen molar-refractivity contribution >= 4 is 17.5 Å². The maximum atomic E-state index is 12.0. The highest BCUT2D eigenvalue weighted by Crippen LogP contribution is 2.16. The second kappa shape index (κ2) is 7.42. The van der Waals surface area contributed by atoms with Crippen molar-refractivity contribution in [3.8, 4) is 5.75 Å². The predicted octanol–water partition coefficient (Wildman–Crippen LogP) is 1.92. The number of carbonyl (C=O) groups excluding carboxylic acids is 2. The number of ether oxygens (including phenoxy) is 1. The molecule has 0 fully saturated rings. The van der Waals surface area contributed by atoms with Gasteiger partial charge in [-0.15, -0.1) is 0 Å². The van der Waals surface area contributed by atoms with Gasteiger partial charge in [0.15, 0.2) is 6.61 Å². The minimum atomic E-state index is -0.421. The molecule has 6 heteroatoms. The number of hydrogen-bond acceptors (Lipinski definition) is 4. The van der Waals surface area contributed by atoms with E-state index in [2.05, 4.69) is 5.32 Å². The summed E-state index contributed by atoms with van der Waals surface area (Å²) >= 11 is 0. The highest BCUT2D eigenvalue weighted by molar-refractivity contribution is 5.94. The third-order valence-corrected chi connectivity index (χ3v) is 3.25. The van der Waals surface area contributed by atoms with Crippen LogP contribution < -0.4 is 21.3 Å². The van der Waals surface area contributed by atoms with Gasteiger partial charge in [0.25, 0.3) is 11.8 Å².